The monoisotopic (exact) mass is 282 g/mol. The van der Waals surface area contributed by atoms with Crippen LogP contribution in [0.1, 0.15) is 10.4 Å². The molecule has 2 N–H and O–H groups in total. The van der Waals surface area contributed by atoms with Crippen molar-refractivity contribution in [2.75, 3.05) is 13.2 Å². The van der Waals surface area contributed by atoms with Crippen LogP contribution in [0, 0.1) is 0 Å². The normalized spacial score (nSPS) is 18.8. The number of nitrogens with one attached hydrogen (secondary N) is 2. The van der Waals surface area contributed by atoms with Crippen LogP contribution >= 0.6 is 0 Å². The minimum atomic E-state index is -4.52. The molecule has 20 heavy (non-hydrogen) atoms. The summed E-state index contributed by atoms with van der Waals surface area (Å²) >= 11 is 0. The van der Waals surface area contributed by atoms with Crippen LogP contribution in [0.15, 0.2) is 18.2 Å². The number of hydrogen-bond donors (Lipinski definition) is 2. The van der Waals surface area contributed by atoms with E-state index in [0.29, 0.717) is 5.56 Å². The Morgan fingerprint density at radius 3 is 2.65 bits per heavy atom. The zero-order valence-corrected chi connectivity index (χ0v) is 10.1. The molecular weight excluding hydrogens is 273 g/mol. The predicted octanol–water partition coefficient (Wildman–Crippen LogP) is 2.16. The summed E-state index contributed by atoms with van der Waals surface area (Å²) < 4.78 is 43.6. The van der Waals surface area contributed by atoms with Crippen LogP contribution in [-0.2, 0) is 4.74 Å². The van der Waals surface area contributed by atoms with Gasteiger partial charge >= 0.3 is 6.18 Å². The van der Waals surface area contributed by atoms with Gasteiger partial charge in [0.2, 0.25) is 0 Å². The molecule has 0 bridgehead atoms. The molecule has 2 aliphatic heterocycles. The van der Waals surface area contributed by atoms with Crippen molar-refractivity contribution in [2.24, 2.45) is 0 Å². The van der Waals surface area contributed by atoms with E-state index in [0.717, 1.165) is 17.0 Å². The minimum absolute atomic E-state index is 0.268. The van der Waals surface area contributed by atoms with E-state index < -0.39 is 30.8 Å². The van der Waals surface area contributed by atoms with Gasteiger partial charge in [-0.2, -0.15) is 13.2 Å². The molecule has 7 heteroatoms. The Morgan fingerprint density at radius 2 is 2.05 bits per heavy atom. The first-order valence-corrected chi connectivity index (χ1v) is 6.04. The quantitative estimate of drug-likeness (QED) is 0.756. The second-order valence-electron chi connectivity index (χ2n) is 5.16. The van der Waals surface area contributed by atoms with Gasteiger partial charge < -0.3 is 15.0 Å². The predicted molar refractivity (Wildman–Crippen MR) is 63.5 cm³/mol. The zero-order chi connectivity index (χ0) is 14.1. The van der Waals surface area contributed by atoms with Crippen molar-refractivity contribution in [3.05, 3.63) is 23.8 Å². The molecule has 2 aliphatic carbocycles. The van der Waals surface area contributed by atoms with Gasteiger partial charge in [0.15, 0.2) is 5.54 Å². The number of alkyl halides is 3. The molecule has 0 unspecified atom stereocenters. The number of hydrogen-bond acceptors (Lipinski definition) is 2. The van der Waals surface area contributed by atoms with Crippen molar-refractivity contribution in [3.63, 3.8) is 0 Å². The number of amides is 1. The fourth-order valence-electron chi connectivity index (χ4n) is 2.53. The molecular formula is C13H9F3N2O2. The van der Waals surface area contributed by atoms with Gasteiger partial charge in [0.05, 0.1) is 24.6 Å². The van der Waals surface area contributed by atoms with Gasteiger partial charge in [0, 0.05) is 11.1 Å². The summed E-state index contributed by atoms with van der Waals surface area (Å²) in [5.41, 5.74) is 1.46. The van der Waals surface area contributed by atoms with Gasteiger partial charge in [0.25, 0.3) is 5.91 Å². The van der Waals surface area contributed by atoms with E-state index in [1.54, 1.807) is 18.2 Å². The molecule has 4 nitrogen and oxygen atoms in total. The standard InChI is InChI=1S/C13H9F3N2O2/c14-13(15,16)12(4-20-5-12)18-11(19)7-2-1-6-8(7)3-9-10(6)17-9/h1-3,17H,4-5H2,(H,18,19). The fraction of sp³-hybridized carbons (Fsp3) is 0.308. The largest absolute Gasteiger partial charge is 0.416 e. The number of aromatic nitrogens is 1. The summed E-state index contributed by atoms with van der Waals surface area (Å²) in [6, 6.07) is 5.06. The number of pyridine rings is 1. The molecule has 4 rings (SSSR count). The number of rotatable bonds is 2. The van der Waals surface area contributed by atoms with Gasteiger partial charge in [0.1, 0.15) is 0 Å². The van der Waals surface area contributed by atoms with Gasteiger partial charge in [-0.1, -0.05) is 6.07 Å². The molecule has 2 heterocycles. The molecule has 104 valence electrons. The van der Waals surface area contributed by atoms with E-state index in [4.69, 9.17) is 0 Å². The highest BCUT2D eigenvalue weighted by Crippen LogP contribution is 2.46. The first-order chi connectivity index (χ1) is 9.41. The van der Waals surface area contributed by atoms with Gasteiger partial charge in [-0.3, -0.25) is 4.79 Å². The number of carbonyl (C=O) groups is 1. The third kappa shape index (κ3) is 1.38. The highest BCUT2D eigenvalue weighted by Gasteiger charge is 2.61. The summed E-state index contributed by atoms with van der Waals surface area (Å²) in [5.74, 6) is -0.717. The topological polar surface area (TPSA) is 54.1 Å². The molecule has 0 spiro atoms. The maximum Gasteiger partial charge on any atom is 0.416 e. The van der Waals surface area contributed by atoms with Gasteiger partial charge in [-0.25, -0.2) is 0 Å². The zero-order valence-electron chi connectivity index (χ0n) is 10.1. The average molecular weight is 282 g/mol. The van der Waals surface area contributed by atoms with Crippen molar-refractivity contribution in [1.82, 2.24) is 10.3 Å². The third-order valence-electron chi connectivity index (χ3n) is 3.86. The van der Waals surface area contributed by atoms with Crippen molar-refractivity contribution < 1.29 is 22.7 Å². The molecule has 0 aromatic carbocycles. The van der Waals surface area contributed by atoms with E-state index >= 15 is 0 Å². The third-order valence-corrected chi connectivity index (χ3v) is 3.86. The smallest absolute Gasteiger partial charge is 0.376 e. The van der Waals surface area contributed by atoms with Crippen LogP contribution in [0.5, 0.6) is 0 Å². The van der Waals surface area contributed by atoms with E-state index in [-0.39, 0.29) is 5.56 Å². The first kappa shape index (κ1) is 11.8. The van der Waals surface area contributed by atoms with Gasteiger partial charge in [-0.05, 0) is 17.7 Å². The summed E-state index contributed by atoms with van der Waals surface area (Å²) in [5, 5.41) is 2.08. The van der Waals surface area contributed by atoms with E-state index in [1.165, 1.54) is 0 Å². The molecule has 0 radical (unpaired) electrons. The summed E-state index contributed by atoms with van der Waals surface area (Å²) in [6.07, 6.45) is -4.52. The summed E-state index contributed by atoms with van der Waals surface area (Å²) in [4.78, 5) is 15.1. The van der Waals surface area contributed by atoms with Gasteiger partial charge in [-0.15, -0.1) is 0 Å². The lowest BCUT2D eigenvalue weighted by molar-refractivity contribution is -0.263. The molecule has 0 aromatic rings. The lowest BCUT2D eigenvalue weighted by Gasteiger charge is -2.42. The van der Waals surface area contributed by atoms with E-state index in [9.17, 15) is 18.0 Å². The molecule has 0 atom stereocenters. The Hall–Kier alpha value is -2.02. The number of H-pyrrole nitrogens is 1. The number of aromatic amines is 1. The maximum absolute atomic E-state index is 13.0. The van der Waals surface area contributed by atoms with Crippen molar-refractivity contribution in [3.8, 4) is 22.5 Å². The average Bonchev–Trinajstić information content (AvgIpc) is 2.79. The molecule has 0 saturated carbocycles. The van der Waals surface area contributed by atoms with Crippen LogP contribution in [0.3, 0.4) is 0 Å². The van der Waals surface area contributed by atoms with Crippen molar-refractivity contribution in [1.29, 1.82) is 0 Å². The second-order valence-corrected chi connectivity index (χ2v) is 5.16. The number of fused-ring (bicyclic) bond motifs is 3. The number of carbonyl (C=O) groups excluding carboxylic acids is 1. The highest BCUT2D eigenvalue weighted by molar-refractivity contribution is 6.08. The Balaban J connectivity index is 1.63. The van der Waals surface area contributed by atoms with Crippen LogP contribution in [-0.4, -0.2) is 35.8 Å². The van der Waals surface area contributed by atoms with Crippen molar-refractivity contribution >= 4 is 5.91 Å². The van der Waals surface area contributed by atoms with E-state index in [1.807, 2.05) is 0 Å². The van der Waals surface area contributed by atoms with Crippen LogP contribution in [0.25, 0.3) is 22.5 Å². The molecule has 1 amide bonds. The Labute approximate surface area is 111 Å². The Morgan fingerprint density at radius 1 is 1.30 bits per heavy atom. The molecule has 1 saturated heterocycles. The maximum atomic E-state index is 13.0. The van der Waals surface area contributed by atoms with E-state index in [2.05, 4.69) is 15.0 Å². The number of ether oxygens (including phenoxy) is 1. The van der Waals surface area contributed by atoms with Crippen LogP contribution < -0.4 is 5.32 Å². The van der Waals surface area contributed by atoms with Crippen LogP contribution in [0.4, 0.5) is 13.2 Å². The lowest BCUT2D eigenvalue weighted by Crippen LogP contribution is -2.70. The highest BCUT2D eigenvalue weighted by atomic mass is 19.4. The minimum Gasteiger partial charge on any atom is -0.376 e. The van der Waals surface area contributed by atoms with Crippen molar-refractivity contribution in [2.45, 2.75) is 11.7 Å². The Bertz CT molecular complexity index is 700. The molecule has 0 aromatic heterocycles. The molecule has 4 aliphatic rings. The fourth-order valence-corrected chi connectivity index (χ4v) is 2.53. The SMILES string of the molecule is O=C(NC1(C(F)(F)F)COC1)c1ccc2c3[nH]c-3cc1-2. The van der Waals surface area contributed by atoms with Crippen LogP contribution in [0.2, 0.25) is 0 Å². The second kappa shape index (κ2) is 3.35. The summed E-state index contributed by atoms with van der Waals surface area (Å²) in [7, 11) is 0. The number of halogens is 3. The Kier molecular flexibility index (Phi) is 1.97. The summed E-state index contributed by atoms with van der Waals surface area (Å²) in [6.45, 7) is -1.07. The first-order valence-electron chi connectivity index (χ1n) is 6.04. The lowest BCUT2D eigenvalue weighted by atomic mass is 9.96. The molecule has 1 fully saturated rings.